The van der Waals surface area contributed by atoms with Crippen LogP contribution in [0.2, 0.25) is 0 Å². The Morgan fingerprint density at radius 1 is 1.20 bits per heavy atom. The van der Waals surface area contributed by atoms with Crippen LogP contribution in [0.5, 0.6) is 5.75 Å². The number of hydrogen-bond acceptors (Lipinski definition) is 3. The summed E-state index contributed by atoms with van der Waals surface area (Å²) in [7, 11) is 0. The maximum absolute atomic E-state index is 10.2. The van der Waals surface area contributed by atoms with E-state index in [2.05, 4.69) is 21.3 Å². The Hall–Kier alpha value is -1.52. The zero-order valence-corrected chi connectivity index (χ0v) is 11.7. The van der Waals surface area contributed by atoms with Crippen molar-refractivity contribution in [3.8, 4) is 5.75 Å². The first kappa shape index (κ1) is 12.2. The average Bonchev–Trinajstić information content (AvgIpc) is 2.87. The number of aromatic amines is 1. The van der Waals surface area contributed by atoms with Crippen LogP contribution in [0.3, 0.4) is 0 Å². The first-order valence-corrected chi connectivity index (χ1v) is 7.59. The molecule has 0 saturated carbocycles. The van der Waals surface area contributed by atoms with Crippen LogP contribution in [0.25, 0.3) is 10.9 Å². The Morgan fingerprint density at radius 2 is 2.05 bits per heavy atom. The lowest BCUT2D eigenvalue weighted by Gasteiger charge is -2.37. The molecule has 1 aromatic heterocycles. The quantitative estimate of drug-likeness (QED) is 0.743. The Labute approximate surface area is 118 Å². The Bertz CT molecular complexity index is 628. The molecular weight excluding hydrogens is 250 g/mol. The van der Waals surface area contributed by atoms with Crippen LogP contribution in [0, 0.1) is 0 Å². The first-order valence-electron chi connectivity index (χ1n) is 7.59. The second-order valence-corrected chi connectivity index (χ2v) is 5.98. The maximum Gasteiger partial charge on any atom is 0.125 e. The molecule has 0 aliphatic carbocycles. The van der Waals surface area contributed by atoms with E-state index in [4.69, 9.17) is 0 Å². The largest absolute Gasteiger partial charge is 0.507 e. The Morgan fingerprint density at radius 3 is 2.90 bits per heavy atom. The van der Waals surface area contributed by atoms with Crippen LogP contribution in [0.15, 0.2) is 18.2 Å². The monoisotopic (exact) mass is 271 g/mol. The minimum Gasteiger partial charge on any atom is -0.507 e. The van der Waals surface area contributed by atoms with Crippen molar-refractivity contribution in [2.75, 3.05) is 19.6 Å². The van der Waals surface area contributed by atoms with E-state index >= 15 is 0 Å². The smallest absolute Gasteiger partial charge is 0.125 e. The van der Waals surface area contributed by atoms with Gasteiger partial charge in [-0.25, -0.2) is 0 Å². The molecule has 4 heteroatoms. The fourth-order valence-corrected chi connectivity index (χ4v) is 3.76. The van der Waals surface area contributed by atoms with Crippen molar-refractivity contribution in [2.45, 2.75) is 31.8 Å². The first-order chi connectivity index (χ1) is 9.83. The molecule has 0 atom stereocenters. The summed E-state index contributed by atoms with van der Waals surface area (Å²) in [6.45, 7) is 4.36. The van der Waals surface area contributed by atoms with Crippen molar-refractivity contribution in [3.05, 3.63) is 29.5 Å². The maximum atomic E-state index is 10.2. The number of phenols is 1. The molecule has 0 unspecified atom stereocenters. The van der Waals surface area contributed by atoms with Crippen molar-refractivity contribution in [1.29, 1.82) is 0 Å². The number of aromatic hydroxyl groups is 1. The summed E-state index contributed by atoms with van der Waals surface area (Å²) in [6, 6.07) is 6.45. The van der Waals surface area contributed by atoms with Gasteiger partial charge in [0, 0.05) is 42.1 Å². The summed E-state index contributed by atoms with van der Waals surface area (Å²) in [4.78, 5) is 6.08. The van der Waals surface area contributed by atoms with E-state index in [-0.39, 0.29) is 0 Å². The van der Waals surface area contributed by atoms with Gasteiger partial charge in [-0.2, -0.15) is 0 Å². The molecule has 0 radical (unpaired) electrons. The Balaban J connectivity index is 1.69. The van der Waals surface area contributed by atoms with Gasteiger partial charge in [0.1, 0.15) is 5.75 Å². The van der Waals surface area contributed by atoms with Crippen molar-refractivity contribution >= 4 is 10.9 Å². The molecule has 4 nitrogen and oxygen atoms in total. The second-order valence-electron chi connectivity index (χ2n) is 5.98. The minimum atomic E-state index is 0.409. The van der Waals surface area contributed by atoms with Crippen molar-refractivity contribution in [2.24, 2.45) is 0 Å². The van der Waals surface area contributed by atoms with Gasteiger partial charge in [0.15, 0.2) is 0 Å². The van der Waals surface area contributed by atoms with E-state index in [1.807, 2.05) is 6.07 Å². The highest BCUT2D eigenvalue weighted by Crippen LogP contribution is 2.34. The number of rotatable bonds is 1. The number of aromatic nitrogens is 1. The van der Waals surface area contributed by atoms with Gasteiger partial charge in [-0.1, -0.05) is 6.07 Å². The summed E-state index contributed by atoms with van der Waals surface area (Å²) >= 11 is 0. The van der Waals surface area contributed by atoms with Gasteiger partial charge in [0.05, 0.1) is 0 Å². The molecule has 0 amide bonds. The third-order valence-corrected chi connectivity index (χ3v) is 4.83. The molecule has 1 fully saturated rings. The molecule has 20 heavy (non-hydrogen) atoms. The highest BCUT2D eigenvalue weighted by atomic mass is 16.3. The van der Waals surface area contributed by atoms with E-state index in [9.17, 15) is 5.11 Å². The average molecular weight is 271 g/mol. The number of nitrogens with zero attached hydrogens (tertiary/aromatic N) is 1. The van der Waals surface area contributed by atoms with Gasteiger partial charge >= 0.3 is 0 Å². The van der Waals surface area contributed by atoms with Crippen LogP contribution in [0.1, 0.15) is 24.1 Å². The van der Waals surface area contributed by atoms with Gasteiger partial charge < -0.3 is 15.4 Å². The predicted molar refractivity (Wildman–Crippen MR) is 80.0 cm³/mol. The normalized spacial score (nSPS) is 21.2. The molecule has 3 N–H and O–H groups in total. The summed E-state index contributed by atoms with van der Waals surface area (Å²) in [5.41, 5.74) is 3.69. The van der Waals surface area contributed by atoms with Gasteiger partial charge in [-0.15, -0.1) is 0 Å². The standard InChI is InChI=1S/C16H21N3O/c20-15-3-1-2-14-16(15)12-10-19(9-6-13(12)18-14)11-4-7-17-8-5-11/h1-3,11,17-18,20H,4-10H2. The number of H-pyrrole nitrogens is 1. The fraction of sp³-hybridized carbons (Fsp3) is 0.500. The number of piperidine rings is 1. The second kappa shape index (κ2) is 4.79. The van der Waals surface area contributed by atoms with E-state index in [1.165, 1.54) is 24.1 Å². The molecule has 2 aliphatic heterocycles. The van der Waals surface area contributed by atoms with Crippen LogP contribution < -0.4 is 5.32 Å². The molecule has 3 heterocycles. The molecule has 0 spiro atoms. The third kappa shape index (κ3) is 1.91. The van der Waals surface area contributed by atoms with Gasteiger partial charge in [0.25, 0.3) is 0 Å². The summed E-state index contributed by atoms with van der Waals surface area (Å²) in [5.74, 6) is 0.409. The molecule has 2 aromatic rings. The molecule has 2 aliphatic rings. The molecule has 1 saturated heterocycles. The Kier molecular flexibility index (Phi) is 2.93. The van der Waals surface area contributed by atoms with Crippen LogP contribution in [-0.4, -0.2) is 40.7 Å². The van der Waals surface area contributed by atoms with Gasteiger partial charge in [-0.05, 0) is 43.6 Å². The van der Waals surface area contributed by atoms with Crippen LogP contribution in [0.4, 0.5) is 0 Å². The molecule has 4 rings (SSSR count). The topological polar surface area (TPSA) is 51.3 Å². The third-order valence-electron chi connectivity index (χ3n) is 4.83. The minimum absolute atomic E-state index is 0.409. The molecule has 106 valence electrons. The SMILES string of the molecule is Oc1cccc2[nH]c3c(c12)CN(C1CCNCC1)CC3. The number of phenolic OH excluding ortho intramolecular Hbond substituents is 1. The zero-order chi connectivity index (χ0) is 13.5. The van der Waals surface area contributed by atoms with Crippen molar-refractivity contribution in [1.82, 2.24) is 15.2 Å². The number of benzene rings is 1. The molecule has 1 aromatic carbocycles. The lowest BCUT2D eigenvalue weighted by atomic mass is 9.98. The van der Waals surface area contributed by atoms with Gasteiger partial charge in [0.2, 0.25) is 0 Å². The fourth-order valence-electron chi connectivity index (χ4n) is 3.76. The summed E-state index contributed by atoms with van der Waals surface area (Å²) in [5, 5.41) is 14.6. The van der Waals surface area contributed by atoms with Crippen LogP contribution >= 0.6 is 0 Å². The number of fused-ring (bicyclic) bond motifs is 3. The van der Waals surface area contributed by atoms with E-state index < -0.39 is 0 Å². The number of nitrogens with one attached hydrogen (secondary N) is 2. The highest BCUT2D eigenvalue weighted by molar-refractivity contribution is 5.90. The molecular formula is C16H21N3O. The zero-order valence-electron chi connectivity index (χ0n) is 11.7. The summed E-state index contributed by atoms with van der Waals surface area (Å²) < 4.78 is 0. The van der Waals surface area contributed by atoms with E-state index in [0.29, 0.717) is 11.8 Å². The van der Waals surface area contributed by atoms with E-state index in [0.717, 1.165) is 43.5 Å². The predicted octanol–water partition coefficient (Wildman–Crippen LogP) is 1.98. The highest BCUT2D eigenvalue weighted by Gasteiger charge is 2.27. The van der Waals surface area contributed by atoms with Gasteiger partial charge in [-0.3, -0.25) is 4.90 Å². The van der Waals surface area contributed by atoms with Crippen molar-refractivity contribution < 1.29 is 5.11 Å². The number of hydrogen-bond donors (Lipinski definition) is 3. The lowest BCUT2D eigenvalue weighted by molar-refractivity contribution is 0.147. The van der Waals surface area contributed by atoms with E-state index in [1.54, 1.807) is 6.07 Å². The van der Waals surface area contributed by atoms with Crippen molar-refractivity contribution in [3.63, 3.8) is 0 Å². The lowest BCUT2D eigenvalue weighted by Crippen LogP contribution is -2.45. The van der Waals surface area contributed by atoms with Crippen LogP contribution in [-0.2, 0) is 13.0 Å². The molecule has 0 bridgehead atoms. The summed E-state index contributed by atoms with van der Waals surface area (Å²) in [6.07, 6.45) is 3.54.